The van der Waals surface area contributed by atoms with E-state index >= 15 is 0 Å². The van der Waals surface area contributed by atoms with Gasteiger partial charge >= 0.3 is 0 Å². The molecule has 0 radical (unpaired) electrons. The molecule has 2 nitrogen and oxygen atoms in total. The first kappa shape index (κ1) is 8.57. The highest BCUT2D eigenvalue weighted by molar-refractivity contribution is 5.37. The van der Waals surface area contributed by atoms with E-state index in [0.29, 0.717) is 0 Å². The molecule has 13 heavy (non-hydrogen) atoms. The van der Waals surface area contributed by atoms with Gasteiger partial charge in [0.25, 0.3) is 0 Å². The molecule has 1 N–H and O–H groups in total. The average Bonchev–Trinajstić information content (AvgIpc) is 2.17. The molecule has 1 aromatic carbocycles. The molecule has 1 unspecified atom stereocenters. The van der Waals surface area contributed by atoms with Gasteiger partial charge in [-0.25, -0.2) is 0 Å². The van der Waals surface area contributed by atoms with Gasteiger partial charge in [-0.2, -0.15) is 0 Å². The molecule has 0 saturated carbocycles. The Morgan fingerprint density at radius 3 is 3.00 bits per heavy atom. The second-order valence-electron chi connectivity index (χ2n) is 3.53. The maximum absolute atomic E-state index is 9.45. The van der Waals surface area contributed by atoms with E-state index in [-0.39, 0.29) is 6.10 Å². The van der Waals surface area contributed by atoms with Crippen molar-refractivity contribution in [2.75, 3.05) is 7.11 Å². The lowest BCUT2D eigenvalue weighted by Crippen LogP contribution is -2.18. The van der Waals surface area contributed by atoms with E-state index < -0.39 is 0 Å². The van der Waals surface area contributed by atoms with Crippen molar-refractivity contribution in [2.24, 2.45) is 0 Å². The Hall–Kier alpha value is -1.02. The summed E-state index contributed by atoms with van der Waals surface area (Å²) < 4.78 is 5.14. The number of aliphatic hydroxyl groups is 1. The summed E-state index contributed by atoms with van der Waals surface area (Å²) in [5.41, 5.74) is 2.59. The summed E-state index contributed by atoms with van der Waals surface area (Å²) >= 11 is 0. The summed E-state index contributed by atoms with van der Waals surface area (Å²) in [6, 6.07) is 6.08. The third kappa shape index (κ3) is 1.68. The molecule has 0 aliphatic heterocycles. The fraction of sp³-hybridized carbons (Fsp3) is 0.455. The van der Waals surface area contributed by atoms with Gasteiger partial charge in [0.15, 0.2) is 0 Å². The van der Waals surface area contributed by atoms with E-state index in [9.17, 15) is 5.11 Å². The van der Waals surface area contributed by atoms with Crippen LogP contribution in [-0.4, -0.2) is 18.3 Å². The number of benzene rings is 1. The van der Waals surface area contributed by atoms with E-state index in [2.05, 4.69) is 12.1 Å². The lowest BCUT2D eigenvalue weighted by Gasteiger charge is -2.20. The number of methoxy groups -OCH3 is 1. The molecule has 0 fully saturated rings. The lowest BCUT2D eigenvalue weighted by atomic mass is 9.90. The summed E-state index contributed by atoms with van der Waals surface area (Å²) in [6.07, 6.45) is 2.48. The van der Waals surface area contributed by atoms with Crippen LogP contribution < -0.4 is 4.74 Å². The Labute approximate surface area is 78.2 Å². The first-order valence-corrected chi connectivity index (χ1v) is 4.63. The summed E-state index contributed by atoms with van der Waals surface area (Å²) in [4.78, 5) is 0. The van der Waals surface area contributed by atoms with Crippen LogP contribution in [0.15, 0.2) is 18.2 Å². The van der Waals surface area contributed by atoms with Crippen LogP contribution >= 0.6 is 0 Å². The monoisotopic (exact) mass is 178 g/mol. The Balaban J connectivity index is 2.31. The molecule has 0 bridgehead atoms. The molecule has 0 saturated heterocycles. The predicted octanol–water partition coefficient (Wildman–Crippen LogP) is 1.54. The van der Waals surface area contributed by atoms with Crippen LogP contribution in [-0.2, 0) is 12.8 Å². The van der Waals surface area contributed by atoms with Gasteiger partial charge in [-0.1, -0.05) is 6.07 Å². The number of hydrogen-bond acceptors (Lipinski definition) is 2. The summed E-state index contributed by atoms with van der Waals surface area (Å²) in [7, 11) is 1.68. The Morgan fingerprint density at radius 1 is 1.38 bits per heavy atom. The Morgan fingerprint density at radius 2 is 2.23 bits per heavy atom. The minimum atomic E-state index is -0.152. The highest BCUT2D eigenvalue weighted by atomic mass is 16.5. The van der Waals surface area contributed by atoms with E-state index in [4.69, 9.17) is 4.74 Å². The second-order valence-corrected chi connectivity index (χ2v) is 3.53. The minimum Gasteiger partial charge on any atom is -0.497 e. The predicted molar refractivity (Wildman–Crippen MR) is 51.0 cm³/mol. The maximum Gasteiger partial charge on any atom is 0.119 e. The van der Waals surface area contributed by atoms with Crippen LogP contribution in [0.3, 0.4) is 0 Å². The minimum absolute atomic E-state index is 0.152. The molecular formula is C11H14O2. The largest absolute Gasteiger partial charge is 0.497 e. The molecule has 1 atom stereocenters. The van der Waals surface area contributed by atoms with E-state index in [1.165, 1.54) is 11.1 Å². The third-order valence-electron chi connectivity index (χ3n) is 2.62. The number of fused-ring (bicyclic) bond motifs is 1. The van der Waals surface area contributed by atoms with Crippen LogP contribution in [0.1, 0.15) is 17.5 Å². The topological polar surface area (TPSA) is 29.5 Å². The van der Waals surface area contributed by atoms with Gasteiger partial charge in [0.2, 0.25) is 0 Å². The van der Waals surface area contributed by atoms with Gasteiger partial charge in [-0.05, 0) is 42.5 Å². The number of ether oxygens (including phenoxy) is 1. The number of aryl methyl sites for hydroxylation is 1. The molecule has 2 heteroatoms. The van der Waals surface area contributed by atoms with Crippen molar-refractivity contribution in [3.05, 3.63) is 29.3 Å². The molecule has 1 aliphatic carbocycles. The fourth-order valence-corrected chi connectivity index (χ4v) is 1.84. The van der Waals surface area contributed by atoms with E-state index in [1.54, 1.807) is 7.11 Å². The highest BCUT2D eigenvalue weighted by Gasteiger charge is 2.16. The smallest absolute Gasteiger partial charge is 0.119 e. The van der Waals surface area contributed by atoms with Crippen LogP contribution in [0.4, 0.5) is 0 Å². The Kier molecular flexibility index (Phi) is 2.23. The van der Waals surface area contributed by atoms with Gasteiger partial charge in [-0.15, -0.1) is 0 Å². The van der Waals surface area contributed by atoms with Gasteiger partial charge < -0.3 is 9.84 Å². The first-order chi connectivity index (χ1) is 6.29. The maximum atomic E-state index is 9.45. The number of hydrogen-bond donors (Lipinski definition) is 1. The molecule has 0 aromatic heterocycles. The zero-order valence-corrected chi connectivity index (χ0v) is 7.79. The third-order valence-corrected chi connectivity index (χ3v) is 2.62. The van der Waals surface area contributed by atoms with Crippen molar-refractivity contribution in [3.8, 4) is 5.75 Å². The van der Waals surface area contributed by atoms with Crippen molar-refractivity contribution < 1.29 is 9.84 Å². The normalized spacial score (nSPS) is 20.9. The number of rotatable bonds is 1. The standard InChI is InChI=1S/C11H14O2/c1-13-11-5-3-8-6-10(12)4-2-9(8)7-11/h3,5,7,10,12H,2,4,6H2,1H3. The zero-order valence-electron chi connectivity index (χ0n) is 7.79. The SMILES string of the molecule is COc1ccc2c(c1)CCC(O)C2. The van der Waals surface area contributed by atoms with Crippen molar-refractivity contribution >= 4 is 0 Å². The molecule has 0 heterocycles. The average molecular weight is 178 g/mol. The quantitative estimate of drug-likeness (QED) is 0.707. The van der Waals surface area contributed by atoms with Crippen LogP contribution in [0.2, 0.25) is 0 Å². The zero-order chi connectivity index (χ0) is 9.26. The molecule has 0 amide bonds. The van der Waals surface area contributed by atoms with Crippen molar-refractivity contribution in [1.82, 2.24) is 0 Å². The molecule has 1 aliphatic rings. The van der Waals surface area contributed by atoms with Crippen molar-refractivity contribution in [1.29, 1.82) is 0 Å². The molecule has 1 aromatic rings. The van der Waals surface area contributed by atoms with Gasteiger partial charge in [-0.3, -0.25) is 0 Å². The van der Waals surface area contributed by atoms with Crippen molar-refractivity contribution in [2.45, 2.75) is 25.4 Å². The first-order valence-electron chi connectivity index (χ1n) is 4.63. The molecule has 0 spiro atoms. The van der Waals surface area contributed by atoms with Crippen LogP contribution in [0, 0.1) is 0 Å². The van der Waals surface area contributed by atoms with E-state index in [0.717, 1.165) is 25.0 Å². The summed E-state index contributed by atoms with van der Waals surface area (Å²) in [5, 5.41) is 9.45. The molecule has 2 rings (SSSR count). The highest BCUT2D eigenvalue weighted by Crippen LogP contribution is 2.25. The lowest BCUT2D eigenvalue weighted by molar-refractivity contribution is 0.158. The Bertz CT molecular complexity index is 307. The van der Waals surface area contributed by atoms with Gasteiger partial charge in [0, 0.05) is 0 Å². The van der Waals surface area contributed by atoms with Crippen LogP contribution in [0.25, 0.3) is 0 Å². The van der Waals surface area contributed by atoms with Gasteiger partial charge in [0.1, 0.15) is 5.75 Å². The van der Waals surface area contributed by atoms with E-state index in [1.807, 2.05) is 6.07 Å². The summed E-state index contributed by atoms with van der Waals surface area (Å²) in [6.45, 7) is 0. The fourth-order valence-electron chi connectivity index (χ4n) is 1.84. The number of aliphatic hydroxyl groups excluding tert-OH is 1. The molecule has 70 valence electrons. The van der Waals surface area contributed by atoms with Crippen molar-refractivity contribution in [3.63, 3.8) is 0 Å². The van der Waals surface area contributed by atoms with Crippen LogP contribution in [0.5, 0.6) is 5.75 Å². The second kappa shape index (κ2) is 3.38. The summed E-state index contributed by atoms with van der Waals surface area (Å²) in [5.74, 6) is 0.912. The molecular weight excluding hydrogens is 164 g/mol. The van der Waals surface area contributed by atoms with Gasteiger partial charge in [0.05, 0.1) is 13.2 Å².